The summed E-state index contributed by atoms with van der Waals surface area (Å²) in [6.07, 6.45) is 1.02. The fourth-order valence-electron chi connectivity index (χ4n) is 2.51. The van der Waals surface area contributed by atoms with E-state index in [1.54, 1.807) is 0 Å². The lowest BCUT2D eigenvalue weighted by molar-refractivity contribution is 1.07. The molecule has 0 aliphatic carbocycles. The summed E-state index contributed by atoms with van der Waals surface area (Å²) < 4.78 is 0. The van der Waals surface area contributed by atoms with Gasteiger partial charge in [-0.05, 0) is 18.1 Å². The second-order valence-electron chi connectivity index (χ2n) is 4.77. The van der Waals surface area contributed by atoms with Gasteiger partial charge in [-0.15, -0.1) is 0 Å². The molecule has 0 atom stereocenters. The van der Waals surface area contributed by atoms with E-state index in [1.165, 1.54) is 5.56 Å². The summed E-state index contributed by atoms with van der Waals surface area (Å²) in [5.41, 5.74) is 2.74. The average Bonchev–Trinajstić information content (AvgIpc) is 3.03. The monoisotopic (exact) mass is 269 g/mol. The van der Waals surface area contributed by atoms with Crippen molar-refractivity contribution >= 4 is 16.9 Å². The number of anilines is 1. The van der Waals surface area contributed by atoms with Gasteiger partial charge in [-0.25, -0.2) is 9.78 Å². The van der Waals surface area contributed by atoms with E-state index in [2.05, 4.69) is 25.3 Å². The molecular formula is C13H11N5O2. The molecule has 0 saturated carbocycles. The van der Waals surface area contributed by atoms with Crippen molar-refractivity contribution in [3.05, 3.63) is 44.6 Å². The van der Waals surface area contributed by atoms with Gasteiger partial charge in [-0.2, -0.15) is 0 Å². The van der Waals surface area contributed by atoms with Crippen molar-refractivity contribution in [1.29, 1.82) is 0 Å². The maximum absolute atomic E-state index is 11.7. The Labute approximate surface area is 112 Å². The number of aromatic amines is 3. The number of nitrogens with one attached hydrogen (secondary N) is 4. The van der Waals surface area contributed by atoms with E-state index in [9.17, 15) is 9.59 Å². The largest absolute Gasteiger partial charge is 0.384 e. The van der Waals surface area contributed by atoms with Crippen LogP contribution >= 0.6 is 0 Å². The maximum atomic E-state index is 11.7. The van der Waals surface area contributed by atoms with Crippen LogP contribution in [0, 0.1) is 0 Å². The Balaban J connectivity index is 1.92. The van der Waals surface area contributed by atoms with Gasteiger partial charge in [0.25, 0.3) is 5.56 Å². The number of H-pyrrole nitrogens is 3. The molecule has 3 aromatic rings. The number of nitrogens with zero attached hydrogens (tertiary/aromatic N) is 1. The van der Waals surface area contributed by atoms with Crippen molar-refractivity contribution in [2.75, 3.05) is 11.9 Å². The third-order valence-electron chi connectivity index (χ3n) is 3.48. The number of fused-ring (bicyclic) bond motifs is 2. The lowest BCUT2D eigenvalue weighted by Gasteiger charge is -2.02. The molecule has 0 radical (unpaired) electrons. The number of aromatic nitrogens is 4. The van der Waals surface area contributed by atoms with Crippen LogP contribution in [-0.2, 0) is 6.42 Å². The number of hydrogen-bond acceptors (Lipinski definition) is 4. The summed E-state index contributed by atoms with van der Waals surface area (Å²) in [5, 5.41) is 3.30. The minimum Gasteiger partial charge on any atom is -0.384 e. The van der Waals surface area contributed by atoms with Crippen LogP contribution in [0.15, 0.2) is 27.8 Å². The molecule has 20 heavy (non-hydrogen) atoms. The zero-order valence-corrected chi connectivity index (χ0v) is 10.4. The lowest BCUT2D eigenvalue weighted by Crippen LogP contribution is -2.21. The zero-order chi connectivity index (χ0) is 13.7. The SMILES string of the molecule is O=c1[nH]c(=O)c2[nH]c(-c3ccc4c(c3)NCC4)nc2[nH]1. The summed E-state index contributed by atoms with van der Waals surface area (Å²) in [6, 6.07) is 5.99. The molecule has 0 bridgehead atoms. The Kier molecular flexibility index (Phi) is 2.11. The Morgan fingerprint density at radius 3 is 2.90 bits per heavy atom. The molecule has 2 aromatic heterocycles. The van der Waals surface area contributed by atoms with E-state index >= 15 is 0 Å². The van der Waals surface area contributed by atoms with Crippen molar-refractivity contribution in [3.63, 3.8) is 0 Å². The molecule has 7 heteroatoms. The van der Waals surface area contributed by atoms with Crippen LogP contribution in [-0.4, -0.2) is 26.5 Å². The third-order valence-corrected chi connectivity index (χ3v) is 3.48. The minimum atomic E-state index is -0.559. The summed E-state index contributed by atoms with van der Waals surface area (Å²) in [5.74, 6) is 0.559. The van der Waals surface area contributed by atoms with Crippen LogP contribution in [0.2, 0.25) is 0 Å². The summed E-state index contributed by atoms with van der Waals surface area (Å²) in [6.45, 7) is 0.936. The Bertz CT molecular complexity index is 934. The number of benzene rings is 1. The molecule has 1 aromatic carbocycles. The van der Waals surface area contributed by atoms with Crippen LogP contribution in [0.25, 0.3) is 22.6 Å². The molecule has 4 N–H and O–H groups in total. The zero-order valence-electron chi connectivity index (χ0n) is 10.4. The fourth-order valence-corrected chi connectivity index (χ4v) is 2.51. The van der Waals surface area contributed by atoms with Gasteiger partial charge < -0.3 is 10.3 Å². The summed E-state index contributed by atoms with van der Waals surface area (Å²) >= 11 is 0. The van der Waals surface area contributed by atoms with E-state index in [0.29, 0.717) is 5.82 Å². The molecule has 0 fully saturated rings. The standard InChI is InChI=1S/C13H11N5O2/c19-12-9-11(17-13(20)18-12)16-10(15-9)7-2-1-6-3-4-14-8(6)5-7/h1-2,5,14H,3-4H2,(H3,15,16,17,18,19,20). The van der Waals surface area contributed by atoms with Crippen LogP contribution < -0.4 is 16.6 Å². The molecule has 0 unspecified atom stereocenters. The molecule has 0 amide bonds. The Morgan fingerprint density at radius 1 is 1.10 bits per heavy atom. The van der Waals surface area contributed by atoms with Crippen LogP contribution in [0.1, 0.15) is 5.56 Å². The highest BCUT2D eigenvalue weighted by Crippen LogP contribution is 2.27. The molecule has 4 rings (SSSR count). The highest BCUT2D eigenvalue weighted by Gasteiger charge is 2.13. The van der Waals surface area contributed by atoms with Gasteiger partial charge in [-0.3, -0.25) is 14.8 Å². The van der Waals surface area contributed by atoms with Gasteiger partial charge in [0.05, 0.1) is 0 Å². The van der Waals surface area contributed by atoms with Crippen molar-refractivity contribution in [2.45, 2.75) is 6.42 Å². The van der Waals surface area contributed by atoms with Gasteiger partial charge >= 0.3 is 5.69 Å². The molecule has 1 aliphatic heterocycles. The van der Waals surface area contributed by atoms with Crippen molar-refractivity contribution in [1.82, 2.24) is 19.9 Å². The van der Waals surface area contributed by atoms with Gasteiger partial charge in [0.15, 0.2) is 5.65 Å². The first kappa shape index (κ1) is 11.0. The predicted molar refractivity (Wildman–Crippen MR) is 75.0 cm³/mol. The van der Waals surface area contributed by atoms with Crippen molar-refractivity contribution in [3.8, 4) is 11.4 Å². The topological polar surface area (TPSA) is 106 Å². The number of hydrogen-bond donors (Lipinski definition) is 4. The highest BCUT2D eigenvalue weighted by molar-refractivity contribution is 5.76. The van der Waals surface area contributed by atoms with Crippen LogP contribution in [0.5, 0.6) is 0 Å². The van der Waals surface area contributed by atoms with Crippen LogP contribution in [0.4, 0.5) is 5.69 Å². The number of imidazole rings is 1. The second-order valence-corrected chi connectivity index (χ2v) is 4.77. The predicted octanol–water partition coefficient (Wildman–Crippen LogP) is 0.575. The van der Waals surface area contributed by atoms with Crippen molar-refractivity contribution in [2.24, 2.45) is 0 Å². The molecule has 3 heterocycles. The highest BCUT2D eigenvalue weighted by atomic mass is 16.2. The Hall–Kier alpha value is -2.83. The molecule has 7 nitrogen and oxygen atoms in total. The third kappa shape index (κ3) is 1.56. The minimum absolute atomic E-state index is 0.266. The summed E-state index contributed by atoms with van der Waals surface area (Å²) in [7, 11) is 0. The van der Waals surface area contributed by atoms with E-state index in [0.717, 1.165) is 24.2 Å². The first-order chi connectivity index (χ1) is 9.70. The van der Waals surface area contributed by atoms with Gasteiger partial charge in [0, 0.05) is 17.8 Å². The van der Waals surface area contributed by atoms with Gasteiger partial charge in [0.2, 0.25) is 0 Å². The molecular weight excluding hydrogens is 258 g/mol. The van der Waals surface area contributed by atoms with E-state index in [-0.39, 0.29) is 11.2 Å². The maximum Gasteiger partial charge on any atom is 0.327 e. The summed E-state index contributed by atoms with van der Waals surface area (Å²) in [4.78, 5) is 34.8. The van der Waals surface area contributed by atoms with Gasteiger partial charge in [0.1, 0.15) is 11.3 Å². The normalized spacial score (nSPS) is 13.4. The van der Waals surface area contributed by atoms with Crippen LogP contribution in [0.3, 0.4) is 0 Å². The molecule has 1 aliphatic rings. The van der Waals surface area contributed by atoms with E-state index in [4.69, 9.17) is 0 Å². The van der Waals surface area contributed by atoms with Gasteiger partial charge in [-0.1, -0.05) is 12.1 Å². The van der Waals surface area contributed by atoms with E-state index < -0.39 is 11.2 Å². The quantitative estimate of drug-likeness (QED) is 0.518. The first-order valence-corrected chi connectivity index (χ1v) is 6.30. The second kappa shape index (κ2) is 3.83. The lowest BCUT2D eigenvalue weighted by atomic mass is 10.1. The fraction of sp³-hybridized carbons (Fsp3) is 0.154. The molecule has 0 saturated heterocycles. The smallest absolute Gasteiger partial charge is 0.327 e. The molecule has 100 valence electrons. The average molecular weight is 269 g/mol. The first-order valence-electron chi connectivity index (χ1n) is 6.30. The number of rotatable bonds is 1. The Morgan fingerprint density at radius 2 is 2.00 bits per heavy atom. The van der Waals surface area contributed by atoms with E-state index in [1.807, 2.05) is 18.2 Å². The van der Waals surface area contributed by atoms with Crippen molar-refractivity contribution < 1.29 is 0 Å². The molecule has 0 spiro atoms.